The Morgan fingerprint density at radius 2 is 2.23 bits per heavy atom. The zero-order valence-corrected chi connectivity index (χ0v) is 15.5. The Balaban J connectivity index is 1.75. The van der Waals surface area contributed by atoms with Crippen molar-refractivity contribution in [2.24, 2.45) is 0 Å². The van der Waals surface area contributed by atoms with Crippen LogP contribution >= 0.6 is 12.2 Å². The summed E-state index contributed by atoms with van der Waals surface area (Å²) in [5, 5.41) is 3.46. The number of hydrogen-bond donors (Lipinski definition) is 2. The lowest BCUT2D eigenvalue weighted by molar-refractivity contribution is 0.0954. The summed E-state index contributed by atoms with van der Waals surface area (Å²) in [6.45, 7) is 4.62. The fourth-order valence-corrected chi connectivity index (χ4v) is 3.53. The van der Waals surface area contributed by atoms with Crippen molar-refractivity contribution >= 4 is 29.0 Å². The first-order chi connectivity index (χ1) is 12.6. The molecule has 2 N–H and O–H groups in total. The van der Waals surface area contributed by atoms with Crippen LogP contribution in [-0.2, 0) is 6.54 Å². The van der Waals surface area contributed by atoms with Crippen LogP contribution in [-0.4, -0.2) is 22.0 Å². The van der Waals surface area contributed by atoms with Crippen molar-refractivity contribution in [1.29, 1.82) is 0 Å². The zero-order chi connectivity index (χ0) is 18.5. The second-order valence-electron chi connectivity index (χ2n) is 6.51. The van der Waals surface area contributed by atoms with Gasteiger partial charge in [-0.25, -0.2) is 0 Å². The molecule has 0 bridgehead atoms. The maximum atomic E-state index is 12.5. The summed E-state index contributed by atoms with van der Waals surface area (Å²) >= 11 is 5.24. The molecule has 1 heterocycles. The number of hydrogen-bond acceptors (Lipinski definition) is 3. The molecule has 1 aromatic heterocycles. The second kappa shape index (κ2) is 8.27. The van der Waals surface area contributed by atoms with Gasteiger partial charge in [-0.15, -0.1) is 6.58 Å². The molecule has 0 unspecified atom stereocenters. The summed E-state index contributed by atoms with van der Waals surface area (Å²) in [6.07, 6.45) is 9.61. The third-order valence-corrected chi connectivity index (χ3v) is 4.99. The summed E-state index contributed by atoms with van der Waals surface area (Å²) in [5.41, 5.74) is 2.34. The van der Waals surface area contributed by atoms with E-state index in [9.17, 15) is 9.59 Å². The van der Waals surface area contributed by atoms with Crippen molar-refractivity contribution in [3.05, 3.63) is 63.2 Å². The summed E-state index contributed by atoms with van der Waals surface area (Å²) in [5.74, 6) is -0.141. The van der Waals surface area contributed by atoms with Crippen LogP contribution in [0.15, 0.2) is 47.3 Å². The lowest BCUT2D eigenvalue weighted by Crippen LogP contribution is -2.25. The SMILES string of the molecule is C=CCn1c(=S)[nH]c2cc(C(=O)NCCC3=CCCCC3)ccc2c1=O. The highest BCUT2D eigenvalue weighted by molar-refractivity contribution is 7.71. The second-order valence-corrected chi connectivity index (χ2v) is 6.90. The van der Waals surface area contributed by atoms with Crippen LogP contribution in [0.1, 0.15) is 42.5 Å². The fourth-order valence-electron chi connectivity index (χ4n) is 3.26. The summed E-state index contributed by atoms with van der Waals surface area (Å²) in [6, 6.07) is 5.02. The van der Waals surface area contributed by atoms with Gasteiger partial charge in [-0.3, -0.25) is 14.2 Å². The van der Waals surface area contributed by atoms with Crippen LogP contribution in [0.5, 0.6) is 0 Å². The van der Waals surface area contributed by atoms with Crippen molar-refractivity contribution in [3.8, 4) is 0 Å². The molecule has 2 aromatic rings. The van der Waals surface area contributed by atoms with E-state index in [1.54, 1.807) is 24.3 Å². The van der Waals surface area contributed by atoms with Crippen molar-refractivity contribution in [2.45, 2.75) is 38.6 Å². The van der Waals surface area contributed by atoms with E-state index in [2.05, 4.69) is 23.0 Å². The van der Waals surface area contributed by atoms with Gasteiger partial charge in [0.2, 0.25) is 0 Å². The Kier molecular flexibility index (Phi) is 5.83. The van der Waals surface area contributed by atoms with Crippen LogP contribution in [0.25, 0.3) is 10.9 Å². The molecule has 0 radical (unpaired) electrons. The average Bonchev–Trinajstić information content (AvgIpc) is 2.65. The molecular weight excluding hydrogens is 346 g/mol. The highest BCUT2D eigenvalue weighted by Crippen LogP contribution is 2.19. The molecule has 1 aliphatic rings. The van der Waals surface area contributed by atoms with Gasteiger partial charge in [0, 0.05) is 18.7 Å². The zero-order valence-electron chi connectivity index (χ0n) is 14.7. The molecule has 0 saturated heterocycles. The minimum Gasteiger partial charge on any atom is -0.352 e. The molecule has 0 atom stereocenters. The molecule has 26 heavy (non-hydrogen) atoms. The first kappa shape index (κ1) is 18.3. The van der Waals surface area contributed by atoms with E-state index in [0.29, 0.717) is 34.3 Å². The smallest absolute Gasteiger partial charge is 0.262 e. The Bertz CT molecular complexity index is 985. The molecule has 136 valence electrons. The number of aromatic nitrogens is 2. The number of allylic oxidation sites excluding steroid dienone is 2. The molecule has 3 rings (SSSR count). The first-order valence-corrected chi connectivity index (χ1v) is 9.35. The molecule has 0 saturated carbocycles. The Morgan fingerprint density at radius 3 is 2.96 bits per heavy atom. The number of aromatic amines is 1. The van der Waals surface area contributed by atoms with Gasteiger partial charge in [-0.05, 0) is 62.5 Å². The number of nitrogens with one attached hydrogen (secondary N) is 2. The van der Waals surface area contributed by atoms with Gasteiger partial charge < -0.3 is 10.3 Å². The lowest BCUT2D eigenvalue weighted by Gasteiger charge is -2.13. The largest absolute Gasteiger partial charge is 0.352 e. The number of rotatable bonds is 6. The van der Waals surface area contributed by atoms with Gasteiger partial charge in [-0.1, -0.05) is 17.7 Å². The maximum absolute atomic E-state index is 12.5. The van der Waals surface area contributed by atoms with E-state index >= 15 is 0 Å². The summed E-state index contributed by atoms with van der Waals surface area (Å²) in [4.78, 5) is 27.9. The third kappa shape index (κ3) is 4.02. The monoisotopic (exact) mass is 369 g/mol. The standard InChI is InChI=1S/C20H23N3O2S/c1-2-12-23-19(25)16-9-8-15(13-17(16)22-20(23)26)18(24)21-11-10-14-6-4-3-5-7-14/h2,6,8-9,13H,1,3-5,7,10-12H2,(H,21,24)(H,22,26). The molecular formula is C20H23N3O2S. The summed E-state index contributed by atoms with van der Waals surface area (Å²) < 4.78 is 1.77. The van der Waals surface area contributed by atoms with Crippen molar-refractivity contribution in [1.82, 2.24) is 14.9 Å². The fraction of sp³-hybridized carbons (Fsp3) is 0.350. The number of H-pyrrole nitrogens is 1. The number of fused-ring (bicyclic) bond motifs is 1. The highest BCUT2D eigenvalue weighted by Gasteiger charge is 2.10. The van der Waals surface area contributed by atoms with E-state index in [1.165, 1.54) is 23.0 Å². The quantitative estimate of drug-likeness (QED) is 0.600. The van der Waals surface area contributed by atoms with Crippen molar-refractivity contribution < 1.29 is 4.79 Å². The molecule has 1 aliphatic carbocycles. The average molecular weight is 369 g/mol. The number of amides is 1. The van der Waals surface area contributed by atoms with Crippen LogP contribution in [0.3, 0.4) is 0 Å². The van der Waals surface area contributed by atoms with Gasteiger partial charge in [0.05, 0.1) is 10.9 Å². The minimum absolute atomic E-state index is 0.141. The first-order valence-electron chi connectivity index (χ1n) is 8.94. The van der Waals surface area contributed by atoms with E-state index in [-0.39, 0.29) is 11.5 Å². The lowest BCUT2D eigenvalue weighted by atomic mass is 9.97. The maximum Gasteiger partial charge on any atom is 0.262 e. The van der Waals surface area contributed by atoms with Crippen LogP contribution in [0, 0.1) is 4.77 Å². The Morgan fingerprint density at radius 1 is 1.38 bits per heavy atom. The van der Waals surface area contributed by atoms with Crippen molar-refractivity contribution in [3.63, 3.8) is 0 Å². The van der Waals surface area contributed by atoms with Crippen molar-refractivity contribution in [2.75, 3.05) is 6.54 Å². The summed E-state index contributed by atoms with van der Waals surface area (Å²) in [7, 11) is 0. The molecule has 0 aliphatic heterocycles. The molecule has 6 heteroatoms. The van der Waals surface area contributed by atoms with E-state index in [1.807, 2.05) is 0 Å². The number of nitrogens with zero attached hydrogens (tertiary/aromatic N) is 1. The number of carbonyl (C=O) groups is 1. The van der Waals surface area contributed by atoms with E-state index in [0.717, 1.165) is 19.3 Å². The van der Waals surface area contributed by atoms with Gasteiger partial charge in [0.1, 0.15) is 0 Å². The Hall–Kier alpha value is -2.47. The molecule has 1 amide bonds. The van der Waals surface area contributed by atoms with Gasteiger partial charge in [-0.2, -0.15) is 0 Å². The molecule has 0 spiro atoms. The highest BCUT2D eigenvalue weighted by atomic mass is 32.1. The molecule has 5 nitrogen and oxygen atoms in total. The molecule has 1 aromatic carbocycles. The topological polar surface area (TPSA) is 66.9 Å². The van der Waals surface area contributed by atoms with Gasteiger partial charge >= 0.3 is 0 Å². The van der Waals surface area contributed by atoms with E-state index in [4.69, 9.17) is 12.2 Å². The van der Waals surface area contributed by atoms with Crippen LogP contribution in [0.2, 0.25) is 0 Å². The third-order valence-electron chi connectivity index (χ3n) is 4.67. The predicted molar refractivity (Wildman–Crippen MR) is 107 cm³/mol. The van der Waals surface area contributed by atoms with E-state index < -0.39 is 0 Å². The van der Waals surface area contributed by atoms with Crippen LogP contribution in [0.4, 0.5) is 0 Å². The van der Waals surface area contributed by atoms with Crippen LogP contribution < -0.4 is 10.9 Å². The number of benzene rings is 1. The minimum atomic E-state index is -0.181. The van der Waals surface area contributed by atoms with Gasteiger partial charge in [0.15, 0.2) is 4.77 Å². The number of carbonyl (C=O) groups excluding carboxylic acids is 1. The van der Waals surface area contributed by atoms with Gasteiger partial charge in [0.25, 0.3) is 11.5 Å². The predicted octanol–water partition coefficient (Wildman–Crippen LogP) is 3.87. The Labute approximate surface area is 157 Å². The molecule has 0 fully saturated rings. The normalized spacial score (nSPS) is 14.1.